The maximum absolute atomic E-state index is 13.0. The third kappa shape index (κ3) is 4.01. The number of imidazole rings is 1. The lowest BCUT2D eigenvalue weighted by atomic mass is 10.2. The Bertz CT molecular complexity index is 1050. The summed E-state index contributed by atoms with van der Waals surface area (Å²) in [4.78, 5) is 25.2. The first-order valence-corrected chi connectivity index (χ1v) is 9.96. The summed E-state index contributed by atoms with van der Waals surface area (Å²) in [6.07, 6.45) is 0. The summed E-state index contributed by atoms with van der Waals surface area (Å²) in [5, 5.41) is 2.98. The van der Waals surface area contributed by atoms with Gasteiger partial charge in [0.25, 0.3) is 11.7 Å². The number of nitrogens with one attached hydrogen (secondary N) is 1. The van der Waals surface area contributed by atoms with E-state index < -0.39 is 6.04 Å². The van der Waals surface area contributed by atoms with E-state index in [0.717, 1.165) is 34.7 Å². The van der Waals surface area contributed by atoms with Crippen LogP contribution in [-0.4, -0.2) is 23.1 Å². The average Bonchev–Trinajstić information content (AvgIpc) is 2.99. The van der Waals surface area contributed by atoms with E-state index in [2.05, 4.69) is 16.8 Å². The molecule has 1 heterocycles. The molecule has 0 saturated heterocycles. The van der Waals surface area contributed by atoms with Gasteiger partial charge in [-0.25, -0.2) is 13.9 Å². The van der Waals surface area contributed by atoms with Gasteiger partial charge in [-0.15, -0.1) is 0 Å². The second-order valence-corrected chi connectivity index (χ2v) is 7.12. The lowest BCUT2D eigenvalue weighted by molar-refractivity contribution is -0.675. The van der Waals surface area contributed by atoms with Gasteiger partial charge in [0, 0.05) is 18.7 Å². The molecule has 1 aromatic heterocycles. The van der Waals surface area contributed by atoms with Gasteiger partial charge in [0.15, 0.2) is 17.1 Å². The van der Waals surface area contributed by atoms with Gasteiger partial charge in [0.2, 0.25) is 0 Å². The van der Waals surface area contributed by atoms with E-state index in [9.17, 15) is 9.59 Å². The summed E-state index contributed by atoms with van der Waals surface area (Å²) in [6, 6.07) is 12.8. The molecule has 1 N–H and O–H groups in total. The fourth-order valence-corrected chi connectivity index (χ4v) is 3.65. The smallest absolute Gasteiger partial charge is 0.338 e. The maximum Gasteiger partial charge on any atom is 0.338 e. The molecule has 3 rings (SSSR count). The number of nitrogens with zero attached hydrogens (tertiary/aromatic N) is 2. The number of carbonyl (C=O) groups is 2. The summed E-state index contributed by atoms with van der Waals surface area (Å²) < 4.78 is 9.26. The molecule has 152 valence electrons. The van der Waals surface area contributed by atoms with E-state index in [4.69, 9.17) is 4.74 Å². The molecule has 0 aliphatic rings. The predicted molar refractivity (Wildman–Crippen MR) is 113 cm³/mol. The Morgan fingerprint density at radius 3 is 2.41 bits per heavy atom. The third-order valence-electron chi connectivity index (χ3n) is 5.18. The number of hydrogen-bond donors (Lipinski definition) is 1. The molecule has 1 atom stereocenters. The van der Waals surface area contributed by atoms with Crippen LogP contribution in [0.25, 0.3) is 11.0 Å². The maximum atomic E-state index is 13.0. The molecule has 0 radical (unpaired) electrons. The largest absolute Gasteiger partial charge is 0.462 e. The molecular formula is C23H28N3O3+. The first-order chi connectivity index (χ1) is 13.9. The molecule has 6 nitrogen and oxygen atoms in total. The molecule has 0 bridgehead atoms. The molecular weight excluding hydrogens is 366 g/mol. The number of ether oxygens (including phenoxy) is 1. The fourth-order valence-electron chi connectivity index (χ4n) is 3.65. The number of fused-ring (bicyclic) bond motifs is 1. The van der Waals surface area contributed by atoms with Crippen molar-refractivity contribution in [1.82, 2.24) is 4.57 Å². The Kier molecular flexibility index (Phi) is 6.01. The second-order valence-electron chi connectivity index (χ2n) is 7.12. The van der Waals surface area contributed by atoms with E-state index in [-0.39, 0.29) is 11.9 Å². The minimum absolute atomic E-state index is 0.112. The van der Waals surface area contributed by atoms with E-state index in [1.807, 2.05) is 61.7 Å². The third-order valence-corrected chi connectivity index (χ3v) is 5.18. The highest BCUT2D eigenvalue weighted by atomic mass is 16.5. The van der Waals surface area contributed by atoms with Gasteiger partial charge in [0.1, 0.15) is 0 Å². The average molecular weight is 394 g/mol. The lowest BCUT2D eigenvalue weighted by Gasteiger charge is -2.12. The Hall–Kier alpha value is -3.15. The van der Waals surface area contributed by atoms with Gasteiger partial charge in [-0.2, -0.15) is 0 Å². The van der Waals surface area contributed by atoms with Crippen molar-refractivity contribution in [3.05, 3.63) is 59.4 Å². The van der Waals surface area contributed by atoms with Gasteiger partial charge >= 0.3 is 5.97 Å². The quantitative estimate of drug-likeness (QED) is 0.509. The number of aryl methyl sites for hydroxylation is 2. The number of anilines is 1. The van der Waals surface area contributed by atoms with Gasteiger partial charge in [-0.3, -0.25) is 4.79 Å². The molecule has 3 aromatic rings. The van der Waals surface area contributed by atoms with Crippen molar-refractivity contribution in [2.24, 2.45) is 0 Å². The van der Waals surface area contributed by atoms with Crippen LogP contribution >= 0.6 is 0 Å². The van der Waals surface area contributed by atoms with Crippen LogP contribution in [0.1, 0.15) is 48.6 Å². The van der Waals surface area contributed by atoms with Crippen molar-refractivity contribution in [2.45, 2.75) is 47.2 Å². The van der Waals surface area contributed by atoms with E-state index in [1.54, 1.807) is 13.0 Å². The van der Waals surface area contributed by atoms with Crippen molar-refractivity contribution < 1.29 is 18.9 Å². The van der Waals surface area contributed by atoms with Gasteiger partial charge in [-0.05, 0) is 52.0 Å². The minimum Gasteiger partial charge on any atom is -0.462 e. The van der Waals surface area contributed by atoms with Crippen molar-refractivity contribution >= 4 is 28.6 Å². The molecule has 0 unspecified atom stereocenters. The lowest BCUT2D eigenvalue weighted by Crippen LogP contribution is -2.36. The molecule has 6 heteroatoms. The van der Waals surface area contributed by atoms with Crippen LogP contribution in [0.5, 0.6) is 0 Å². The number of carbonyl (C=O) groups excluding carboxylic acids is 2. The first kappa shape index (κ1) is 20.6. The van der Waals surface area contributed by atoms with Gasteiger partial charge < -0.3 is 10.1 Å². The zero-order chi connectivity index (χ0) is 21.1. The normalized spacial score (nSPS) is 12.0. The topological polar surface area (TPSA) is 64.2 Å². The monoisotopic (exact) mass is 394 g/mol. The van der Waals surface area contributed by atoms with Crippen LogP contribution < -0.4 is 9.88 Å². The molecule has 1 amide bonds. The summed E-state index contributed by atoms with van der Waals surface area (Å²) in [5.74, 6) is 0.480. The Labute approximate surface area is 171 Å². The summed E-state index contributed by atoms with van der Waals surface area (Å²) in [5.41, 5.74) is 4.19. The predicted octanol–water partition coefficient (Wildman–Crippen LogP) is 3.94. The Morgan fingerprint density at radius 1 is 1.10 bits per heavy atom. The summed E-state index contributed by atoms with van der Waals surface area (Å²) in [6.45, 7) is 10.8. The molecule has 0 aliphatic carbocycles. The van der Waals surface area contributed by atoms with E-state index in [0.29, 0.717) is 12.2 Å². The summed E-state index contributed by atoms with van der Waals surface area (Å²) in [7, 11) is 0. The van der Waals surface area contributed by atoms with Crippen LogP contribution in [0.3, 0.4) is 0 Å². The number of aromatic nitrogens is 2. The number of benzene rings is 2. The van der Waals surface area contributed by atoms with E-state index in [1.165, 1.54) is 0 Å². The summed E-state index contributed by atoms with van der Waals surface area (Å²) >= 11 is 0. The molecule has 0 spiro atoms. The Balaban J connectivity index is 2.02. The molecule has 0 saturated carbocycles. The molecule has 29 heavy (non-hydrogen) atoms. The van der Waals surface area contributed by atoms with Crippen LogP contribution in [0.2, 0.25) is 0 Å². The number of amides is 1. The highest BCUT2D eigenvalue weighted by molar-refractivity contribution is 5.96. The number of rotatable bonds is 6. The van der Waals surface area contributed by atoms with Crippen molar-refractivity contribution in [3.63, 3.8) is 0 Å². The van der Waals surface area contributed by atoms with E-state index >= 15 is 0 Å². The first-order valence-electron chi connectivity index (χ1n) is 9.96. The standard InChI is InChI=1S/C23H27N3O3/c1-6-25-17(5)26(16(4)22(27)24-19-11-8-15(3)9-12-19)21-14-18(10-13-20(21)25)23(28)29-7-2/h8-14,16H,6-7H2,1-5H3/p+1/t16-/m1/s1. The SMILES string of the molecule is CCOC(=O)c1ccc2c(c1)n([C@H](C)C(=O)Nc1ccc(C)cc1)c(C)[n+]2CC. The zero-order valence-corrected chi connectivity index (χ0v) is 17.7. The van der Waals surface area contributed by atoms with Crippen molar-refractivity contribution in [1.29, 1.82) is 0 Å². The number of esters is 1. The van der Waals surface area contributed by atoms with Crippen LogP contribution in [0, 0.1) is 13.8 Å². The molecule has 0 aliphatic heterocycles. The fraction of sp³-hybridized carbons (Fsp3) is 0.348. The Morgan fingerprint density at radius 2 is 1.79 bits per heavy atom. The highest BCUT2D eigenvalue weighted by Gasteiger charge is 2.29. The van der Waals surface area contributed by atoms with Crippen LogP contribution in [0.4, 0.5) is 5.69 Å². The molecule has 2 aromatic carbocycles. The minimum atomic E-state index is -0.455. The van der Waals surface area contributed by atoms with Gasteiger partial charge in [-0.1, -0.05) is 17.7 Å². The van der Waals surface area contributed by atoms with Crippen LogP contribution in [0.15, 0.2) is 42.5 Å². The van der Waals surface area contributed by atoms with Crippen molar-refractivity contribution in [3.8, 4) is 0 Å². The molecule has 0 fully saturated rings. The zero-order valence-electron chi connectivity index (χ0n) is 17.7. The van der Waals surface area contributed by atoms with Crippen molar-refractivity contribution in [2.75, 3.05) is 11.9 Å². The highest BCUT2D eigenvalue weighted by Crippen LogP contribution is 2.23. The van der Waals surface area contributed by atoms with Gasteiger partial charge in [0.05, 0.1) is 18.7 Å². The second kappa shape index (κ2) is 8.47. The number of hydrogen-bond acceptors (Lipinski definition) is 3. The van der Waals surface area contributed by atoms with Crippen LogP contribution in [-0.2, 0) is 16.1 Å².